The molecular weight excluding hydrogens is 262 g/mol. The molecule has 0 aliphatic carbocycles. The lowest BCUT2D eigenvalue weighted by Crippen LogP contribution is -2.29. The van der Waals surface area contributed by atoms with Crippen molar-refractivity contribution in [2.24, 2.45) is 5.84 Å². The number of ether oxygens (including phenoxy) is 1. The Morgan fingerprint density at radius 3 is 2.67 bits per heavy atom. The van der Waals surface area contributed by atoms with Gasteiger partial charge in [-0.3, -0.25) is 16.3 Å². The predicted octanol–water partition coefficient (Wildman–Crippen LogP) is 2.84. The molecule has 0 aliphatic rings. The first-order valence-electron chi connectivity index (χ1n) is 7.24. The molecule has 2 aromatic rings. The van der Waals surface area contributed by atoms with E-state index in [2.05, 4.69) is 42.5 Å². The molecular formula is C17H23N3O. The Hall–Kier alpha value is -1.91. The molecule has 1 atom stereocenters. The second-order valence-corrected chi connectivity index (χ2v) is 5.23. The molecule has 0 bridgehead atoms. The van der Waals surface area contributed by atoms with Crippen LogP contribution in [0.25, 0.3) is 0 Å². The molecule has 4 heteroatoms. The Morgan fingerprint density at radius 1 is 1.19 bits per heavy atom. The summed E-state index contributed by atoms with van der Waals surface area (Å²) < 4.78 is 5.50. The van der Waals surface area contributed by atoms with Crippen LogP contribution < -0.4 is 16.0 Å². The van der Waals surface area contributed by atoms with E-state index in [1.165, 1.54) is 16.7 Å². The van der Waals surface area contributed by atoms with Crippen LogP contribution in [0, 0.1) is 13.8 Å². The number of aromatic nitrogens is 1. The zero-order valence-corrected chi connectivity index (χ0v) is 12.9. The van der Waals surface area contributed by atoms with Gasteiger partial charge in [-0.1, -0.05) is 18.2 Å². The van der Waals surface area contributed by atoms with Gasteiger partial charge in [-0.15, -0.1) is 0 Å². The number of rotatable bonds is 6. The zero-order valence-electron chi connectivity index (χ0n) is 12.9. The molecule has 21 heavy (non-hydrogen) atoms. The summed E-state index contributed by atoms with van der Waals surface area (Å²) in [6, 6.07) is 8.50. The summed E-state index contributed by atoms with van der Waals surface area (Å²) in [5.41, 5.74) is 7.75. The maximum absolute atomic E-state index is 5.73. The molecule has 1 aromatic heterocycles. The van der Waals surface area contributed by atoms with Crippen LogP contribution in [-0.4, -0.2) is 11.6 Å². The van der Waals surface area contributed by atoms with Crippen molar-refractivity contribution in [3.05, 3.63) is 58.9 Å². The lowest BCUT2D eigenvalue weighted by atomic mass is 9.98. The van der Waals surface area contributed by atoms with Crippen LogP contribution in [-0.2, 0) is 6.42 Å². The first kappa shape index (κ1) is 15.5. The highest BCUT2D eigenvalue weighted by molar-refractivity contribution is 5.32. The van der Waals surface area contributed by atoms with Gasteiger partial charge in [0.1, 0.15) is 5.75 Å². The summed E-state index contributed by atoms with van der Waals surface area (Å²) in [6.07, 6.45) is 4.36. The minimum Gasteiger partial charge on any atom is -0.492 e. The van der Waals surface area contributed by atoms with Gasteiger partial charge < -0.3 is 4.74 Å². The summed E-state index contributed by atoms with van der Waals surface area (Å²) in [5.74, 6) is 6.50. The van der Waals surface area contributed by atoms with Crippen molar-refractivity contribution >= 4 is 0 Å². The number of pyridine rings is 1. The van der Waals surface area contributed by atoms with E-state index in [9.17, 15) is 0 Å². The van der Waals surface area contributed by atoms with Gasteiger partial charge in [0.05, 0.1) is 18.8 Å². The molecule has 0 radical (unpaired) electrons. The SMILES string of the molecule is CCOc1cncc(C(Cc2ccc(C)c(C)c2)NN)c1. The normalized spacial score (nSPS) is 12.2. The Labute approximate surface area is 126 Å². The van der Waals surface area contributed by atoms with Gasteiger partial charge in [-0.05, 0) is 55.5 Å². The van der Waals surface area contributed by atoms with Crippen LogP contribution >= 0.6 is 0 Å². The molecule has 0 saturated heterocycles. The highest BCUT2D eigenvalue weighted by Crippen LogP contribution is 2.22. The Morgan fingerprint density at radius 2 is 2.00 bits per heavy atom. The van der Waals surface area contributed by atoms with E-state index < -0.39 is 0 Å². The molecule has 0 fully saturated rings. The number of hydrogen-bond donors (Lipinski definition) is 2. The maximum atomic E-state index is 5.73. The smallest absolute Gasteiger partial charge is 0.137 e. The molecule has 112 valence electrons. The van der Waals surface area contributed by atoms with Crippen LogP contribution in [0.4, 0.5) is 0 Å². The molecule has 1 unspecified atom stereocenters. The van der Waals surface area contributed by atoms with Crippen LogP contribution in [0.5, 0.6) is 5.75 Å². The summed E-state index contributed by atoms with van der Waals surface area (Å²) in [6.45, 7) is 6.83. The topological polar surface area (TPSA) is 60.2 Å². The van der Waals surface area contributed by atoms with E-state index in [-0.39, 0.29) is 6.04 Å². The number of hydrogen-bond acceptors (Lipinski definition) is 4. The van der Waals surface area contributed by atoms with Gasteiger partial charge in [0.2, 0.25) is 0 Å². The molecule has 0 saturated carbocycles. The van der Waals surface area contributed by atoms with Gasteiger partial charge in [0, 0.05) is 6.20 Å². The highest BCUT2D eigenvalue weighted by atomic mass is 16.5. The number of hydrazine groups is 1. The van der Waals surface area contributed by atoms with Crippen molar-refractivity contribution in [3.63, 3.8) is 0 Å². The average Bonchev–Trinajstić information content (AvgIpc) is 2.49. The van der Waals surface area contributed by atoms with Crippen molar-refractivity contribution in [2.75, 3.05) is 6.61 Å². The second-order valence-electron chi connectivity index (χ2n) is 5.23. The fourth-order valence-corrected chi connectivity index (χ4v) is 2.31. The zero-order chi connectivity index (χ0) is 15.2. The van der Waals surface area contributed by atoms with Gasteiger partial charge >= 0.3 is 0 Å². The predicted molar refractivity (Wildman–Crippen MR) is 85.1 cm³/mol. The van der Waals surface area contributed by atoms with Crippen molar-refractivity contribution in [1.29, 1.82) is 0 Å². The molecule has 4 nitrogen and oxygen atoms in total. The van der Waals surface area contributed by atoms with Gasteiger partial charge in [0.15, 0.2) is 0 Å². The first-order valence-corrected chi connectivity index (χ1v) is 7.24. The quantitative estimate of drug-likeness (QED) is 0.633. The minimum absolute atomic E-state index is 0.0139. The van der Waals surface area contributed by atoms with Crippen LogP contribution in [0.2, 0.25) is 0 Å². The fourth-order valence-electron chi connectivity index (χ4n) is 2.31. The highest BCUT2D eigenvalue weighted by Gasteiger charge is 2.12. The number of benzene rings is 1. The van der Waals surface area contributed by atoms with E-state index >= 15 is 0 Å². The number of nitrogens with zero attached hydrogens (tertiary/aromatic N) is 1. The Bertz CT molecular complexity index is 598. The third-order valence-electron chi connectivity index (χ3n) is 3.66. The van der Waals surface area contributed by atoms with Crippen LogP contribution in [0.15, 0.2) is 36.7 Å². The van der Waals surface area contributed by atoms with E-state index in [4.69, 9.17) is 10.6 Å². The lowest BCUT2D eigenvalue weighted by Gasteiger charge is -2.17. The molecule has 2 rings (SSSR count). The van der Waals surface area contributed by atoms with E-state index in [0.29, 0.717) is 6.61 Å². The van der Waals surface area contributed by atoms with Crippen molar-refractivity contribution in [3.8, 4) is 5.75 Å². The molecule has 1 aromatic carbocycles. The molecule has 1 heterocycles. The summed E-state index contributed by atoms with van der Waals surface area (Å²) in [7, 11) is 0. The van der Waals surface area contributed by atoms with E-state index in [1.807, 2.05) is 19.2 Å². The summed E-state index contributed by atoms with van der Waals surface area (Å²) in [4.78, 5) is 4.22. The van der Waals surface area contributed by atoms with Gasteiger partial charge in [0.25, 0.3) is 0 Å². The first-order chi connectivity index (χ1) is 10.1. The maximum Gasteiger partial charge on any atom is 0.137 e. The Kier molecular flexibility index (Phi) is 5.31. The second kappa shape index (κ2) is 7.20. The van der Waals surface area contributed by atoms with Crippen molar-refractivity contribution in [2.45, 2.75) is 33.2 Å². The molecule has 0 amide bonds. The molecule has 0 aliphatic heterocycles. The summed E-state index contributed by atoms with van der Waals surface area (Å²) in [5, 5.41) is 0. The number of nitrogens with two attached hydrogens (primary N) is 1. The average molecular weight is 285 g/mol. The number of aryl methyl sites for hydroxylation is 2. The van der Waals surface area contributed by atoms with Crippen molar-refractivity contribution in [1.82, 2.24) is 10.4 Å². The Balaban J connectivity index is 2.19. The van der Waals surface area contributed by atoms with Crippen LogP contribution in [0.3, 0.4) is 0 Å². The molecule has 0 spiro atoms. The van der Waals surface area contributed by atoms with E-state index in [0.717, 1.165) is 17.7 Å². The fraction of sp³-hybridized carbons (Fsp3) is 0.353. The van der Waals surface area contributed by atoms with Crippen molar-refractivity contribution < 1.29 is 4.74 Å². The van der Waals surface area contributed by atoms with E-state index in [1.54, 1.807) is 6.20 Å². The van der Waals surface area contributed by atoms with Gasteiger partial charge in [-0.25, -0.2) is 0 Å². The third-order valence-corrected chi connectivity index (χ3v) is 3.66. The number of nitrogens with one attached hydrogen (secondary N) is 1. The van der Waals surface area contributed by atoms with Crippen LogP contribution in [0.1, 0.15) is 35.2 Å². The molecule has 3 N–H and O–H groups in total. The minimum atomic E-state index is 0.0139. The van der Waals surface area contributed by atoms with Gasteiger partial charge in [-0.2, -0.15) is 0 Å². The summed E-state index contributed by atoms with van der Waals surface area (Å²) >= 11 is 0. The standard InChI is InChI=1S/C17H23N3O/c1-4-21-16-9-15(10-19-11-16)17(20-18)8-14-6-5-12(2)13(3)7-14/h5-7,9-11,17,20H,4,8,18H2,1-3H3. The lowest BCUT2D eigenvalue weighted by molar-refractivity contribution is 0.338. The monoisotopic (exact) mass is 285 g/mol. The largest absolute Gasteiger partial charge is 0.492 e. The third kappa shape index (κ3) is 4.03.